The molecule has 0 heterocycles. The number of allylic oxidation sites excluding steroid dienone is 4. The first kappa shape index (κ1) is 46.2. The van der Waals surface area contributed by atoms with E-state index in [4.69, 9.17) is 11.5 Å². The van der Waals surface area contributed by atoms with E-state index in [0.717, 1.165) is 24.3 Å². The maximum absolute atomic E-state index is 13.6. The van der Waals surface area contributed by atoms with E-state index < -0.39 is 84.8 Å². The summed E-state index contributed by atoms with van der Waals surface area (Å²) in [7, 11) is -15.7. The van der Waals surface area contributed by atoms with Crippen LogP contribution in [0.25, 0.3) is 6.08 Å². The number of hydrogen-bond acceptors (Lipinski definition) is 19. The number of carbonyl (C=O) groups is 2. The molecule has 0 bridgehead atoms. The minimum Gasteiger partial charge on any atom is -0.744 e. The third-order valence-corrected chi connectivity index (χ3v) is 9.25. The van der Waals surface area contributed by atoms with Gasteiger partial charge in [-0.05, 0) is 78.4 Å². The molecule has 53 heavy (non-hydrogen) atoms. The number of benzene rings is 3. The zero-order chi connectivity index (χ0) is 36.6. The van der Waals surface area contributed by atoms with Gasteiger partial charge in [-0.2, -0.15) is 15.3 Å². The Morgan fingerprint density at radius 2 is 1.23 bits per heavy atom. The Bertz CT molecular complexity index is 2500. The molecule has 0 amide bonds. The summed E-state index contributed by atoms with van der Waals surface area (Å²) in [5.41, 5.74) is 13.8. The average molecular weight is 809 g/mol. The van der Waals surface area contributed by atoms with Crippen molar-refractivity contribution in [2.24, 2.45) is 26.2 Å². The Hall–Kier alpha value is -2.91. The van der Waals surface area contributed by atoms with Gasteiger partial charge in [0.2, 0.25) is 11.6 Å². The number of fused-ring (bicyclic) bond motifs is 1. The largest absolute Gasteiger partial charge is 1.00 e. The number of hydrogen-bond donors (Lipinski definition) is 4. The molecule has 2 aliphatic carbocycles. The summed E-state index contributed by atoms with van der Waals surface area (Å²) in [6.07, 6.45) is 4.69. The first-order valence-corrected chi connectivity index (χ1v) is 17.6. The molecule has 6 N–H and O–H groups in total. The molecule has 0 unspecified atom stereocenters. The quantitative estimate of drug-likeness (QED) is 0.0390. The van der Waals surface area contributed by atoms with Crippen molar-refractivity contribution in [1.29, 1.82) is 0 Å². The smallest absolute Gasteiger partial charge is 0.744 e. The number of rotatable bonds is 9. The number of nitrogens with two attached hydrogens (primary N) is 2. The van der Waals surface area contributed by atoms with Gasteiger partial charge in [0.05, 0.1) is 43.0 Å². The maximum atomic E-state index is 13.6. The maximum Gasteiger partial charge on any atom is 1.00 e. The molecule has 0 radical (unpaired) electrons. The number of Topliss-reactive ketones (excluding diaryl/α,β-unsaturated/α-hetero) is 1. The third kappa shape index (κ3) is 11.1. The molecule has 5 rings (SSSR count). The summed E-state index contributed by atoms with van der Waals surface area (Å²) < 4.78 is 107. The van der Waals surface area contributed by atoms with Crippen molar-refractivity contribution in [2.45, 2.75) is 9.79 Å². The molecule has 0 saturated heterocycles. The van der Waals surface area contributed by atoms with Gasteiger partial charge in [-0.3, -0.25) is 20.4 Å². The predicted octanol–water partition coefficient (Wildman–Crippen LogP) is -7.20. The summed E-state index contributed by atoms with van der Waals surface area (Å²) in [6.45, 7) is 0. The van der Waals surface area contributed by atoms with Crippen molar-refractivity contribution in [1.82, 2.24) is 0 Å². The van der Waals surface area contributed by atoms with Crippen LogP contribution in [0.3, 0.4) is 0 Å². The van der Waals surface area contributed by atoms with Gasteiger partial charge in [0.15, 0.2) is 0 Å². The fourth-order valence-corrected chi connectivity index (χ4v) is 6.14. The molecule has 0 aromatic heterocycles. The van der Waals surface area contributed by atoms with Crippen molar-refractivity contribution in [3.8, 4) is 0 Å². The Labute approximate surface area is 368 Å². The fourth-order valence-electron chi connectivity index (χ4n) is 4.36. The summed E-state index contributed by atoms with van der Waals surface area (Å²) >= 11 is 0. The molecule has 0 aliphatic heterocycles. The zero-order valence-corrected chi connectivity index (χ0v) is 36.1. The van der Waals surface area contributed by atoms with Gasteiger partial charge < -0.3 is 25.1 Å². The summed E-state index contributed by atoms with van der Waals surface area (Å²) in [6, 6.07) is 10.2. The van der Waals surface area contributed by atoms with E-state index >= 15 is 0 Å². The standard InChI is InChI=1S/C28H22N8O11S3.3Na/c29-15-1-10-20(21(37)13-15)34-31-16-2-4-17(5-3-16)32-35-26-22(49(42,43)44)11-14-12-23(50(45,46)47)27(28(38)24(14)25(26)30)36-33-18-6-8-19(9-7-18)48(39,40)41;;;/h1-13,31,33H,29-30H2,(H,39,40,41)(H,42,43,44)(H,45,46,47);;;/q;3*+1/p-3. The van der Waals surface area contributed by atoms with E-state index in [0.29, 0.717) is 17.8 Å². The van der Waals surface area contributed by atoms with Gasteiger partial charge in [0, 0.05) is 11.8 Å². The van der Waals surface area contributed by atoms with Crippen molar-refractivity contribution in [3.05, 3.63) is 94.6 Å². The summed E-state index contributed by atoms with van der Waals surface area (Å²) in [5.74, 6) is -1.72. The van der Waals surface area contributed by atoms with Crippen LogP contribution in [0.4, 0.5) is 28.4 Å². The minimum atomic E-state index is -5.47. The van der Waals surface area contributed by atoms with Crippen LogP contribution in [0.2, 0.25) is 0 Å². The molecule has 0 atom stereocenters. The molecule has 3 aromatic carbocycles. The average Bonchev–Trinajstić information content (AvgIpc) is 3.02. The Morgan fingerprint density at radius 1 is 0.660 bits per heavy atom. The van der Waals surface area contributed by atoms with Crippen LogP contribution in [0, 0.1) is 0 Å². The first-order chi connectivity index (χ1) is 23.3. The summed E-state index contributed by atoms with van der Waals surface area (Å²) in [4.78, 5) is 22.6. The van der Waals surface area contributed by atoms with E-state index in [-0.39, 0.29) is 111 Å². The molecule has 0 spiro atoms. The number of anilines is 3. The third-order valence-electron chi connectivity index (χ3n) is 6.70. The van der Waals surface area contributed by atoms with Gasteiger partial charge in [0.1, 0.15) is 47.5 Å². The topological polar surface area (TPSA) is 331 Å². The minimum absolute atomic E-state index is 0. The van der Waals surface area contributed by atoms with Gasteiger partial charge in [-0.1, -0.05) is 0 Å². The SMILES string of the molecule is NC1=CC(=O)C(=NNc2ccc(N=Nc3c(S(=O)(=O)[O-])cc4c(c3N)C(=O)C(=NNc3ccc(S(=O)(=O)[O-])cc3)C(S(=O)(=O)[O-])=C4)cc2)C=C1.[Na+].[Na+].[Na+]. The number of hydrazone groups is 2. The second-order valence-corrected chi connectivity index (χ2v) is 14.2. The van der Waals surface area contributed by atoms with Crippen molar-refractivity contribution in [3.63, 3.8) is 0 Å². The molecule has 25 heteroatoms. The van der Waals surface area contributed by atoms with Crippen LogP contribution < -0.4 is 111 Å². The van der Waals surface area contributed by atoms with Crippen LogP contribution in [-0.2, 0) is 35.1 Å². The number of azo groups is 1. The van der Waals surface area contributed by atoms with Gasteiger partial charge in [-0.25, -0.2) is 25.3 Å². The number of ketones is 2. The van der Waals surface area contributed by atoms with Crippen LogP contribution in [0.15, 0.2) is 114 Å². The van der Waals surface area contributed by atoms with E-state index in [1.54, 1.807) is 0 Å². The second kappa shape index (κ2) is 18.1. The van der Waals surface area contributed by atoms with Crippen molar-refractivity contribution in [2.75, 3.05) is 16.6 Å². The Kier molecular flexibility index (Phi) is 15.8. The normalized spacial score (nSPS) is 15.8. The van der Waals surface area contributed by atoms with E-state index in [2.05, 4.69) is 31.3 Å². The summed E-state index contributed by atoms with van der Waals surface area (Å²) in [5, 5.41) is 15.3. The number of nitrogens with one attached hydrogen (secondary N) is 2. The Morgan fingerprint density at radius 3 is 1.75 bits per heavy atom. The van der Waals surface area contributed by atoms with Crippen LogP contribution >= 0.6 is 0 Å². The van der Waals surface area contributed by atoms with Crippen LogP contribution in [0.5, 0.6) is 0 Å². The van der Waals surface area contributed by atoms with E-state index in [1.165, 1.54) is 42.5 Å². The molecular weight excluding hydrogens is 790 g/mol. The molecule has 2 aliphatic rings. The molecule has 19 nitrogen and oxygen atoms in total. The monoisotopic (exact) mass is 808 g/mol. The molecular formula is C28H19N8Na3O11S3. The van der Waals surface area contributed by atoms with Crippen molar-refractivity contribution < 1.29 is 137 Å². The van der Waals surface area contributed by atoms with Gasteiger partial charge in [-0.15, -0.1) is 5.11 Å². The van der Waals surface area contributed by atoms with E-state index in [1.807, 2.05) is 0 Å². The van der Waals surface area contributed by atoms with Crippen molar-refractivity contribution >= 4 is 87.9 Å². The van der Waals surface area contributed by atoms with Gasteiger partial charge >= 0.3 is 88.7 Å². The second-order valence-electron chi connectivity index (χ2n) is 10.1. The Balaban J connectivity index is 0.00000324. The molecule has 258 valence electrons. The predicted molar refractivity (Wildman–Crippen MR) is 174 cm³/mol. The fraction of sp³-hybridized carbons (Fsp3) is 0. The van der Waals surface area contributed by atoms with E-state index in [9.17, 15) is 48.5 Å². The van der Waals surface area contributed by atoms with Crippen LogP contribution in [-0.4, -0.2) is 61.9 Å². The number of nitrogen functional groups attached to an aromatic ring is 1. The van der Waals surface area contributed by atoms with Gasteiger partial charge in [0.25, 0.3) is 0 Å². The molecule has 0 fully saturated rings. The molecule has 0 saturated carbocycles. The zero-order valence-electron chi connectivity index (χ0n) is 27.7. The number of nitrogens with zero attached hydrogens (tertiary/aromatic N) is 4. The molecule has 3 aromatic rings. The number of carbonyl (C=O) groups excluding carboxylic acids is 2. The van der Waals surface area contributed by atoms with Crippen LogP contribution in [0.1, 0.15) is 15.9 Å². The first-order valence-electron chi connectivity index (χ1n) is 13.4.